The van der Waals surface area contributed by atoms with E-state index in [1.165, 1.54) is 107 Å². The molecule has 4 rings (SSSR count). The van der Waals surface area contributed by atoms with E-state index >= 15 is 0 Å². The van der Waals surface area contributed by atoms with Gasteiger partial charge in [0.2, 0.25) is 0 Å². The Kier molecular flexibility index (Phi) is 13.5. The van der Waals surface area contributed by atoms with Gasteiger partial charge in [-0.25, -0.2) is 4.99 Å². The van der Waals surface area contributed by atoms with Gasteiger partial charge in [0.25, 0.3) is 0 Å². The van der Waals surface area contributed by atoms with Crippen molar-refractivity contribution in [2.45, 2.75) is 122 Å². The Morgan fingerprint density at radius 2 is 1.26 bits per heavy atom. The number of rotatable bonds is 12. The summed E-state index contributed by atoms with van der Waals surface area (Å²) in [4.78, 5) is 10.4. The lowest BCUT2D eigenvalue weighted by Crippen LogP contribution is -2.44. The third-order valence-electron chi connectivity index (χ3n) is 9.14. The molecule has 0 aromatic rings. The van der Waals surface area contributed by atoms with Crippen molar-refractivity contribution in [1.29, 1.82) is 0 Å². The fraction of sp³-hybridized carbons (Fsp3) is 0.844. The van der Waals surface area contributed by atoms with Gasteiger partial charge in [-0.3, -0.25) is 4.90 Å². The van der Waals surface area contributed by atoms with E-state index in [-0.39, 0.29) is 0 Å². The topological polar surface area (TPSA) is 54.9 Å². The van der Waals surface area contributed by atoms with Crippen LogP contribution in [0.1, 0.15) is 110 Å². The molecule has 0 atom stereocenters. The summed E-state index contributed by atoms with van der Waals surface area (Å²) in [7, 11) is 0. The molecule has 6 nitrogen and oxygen atoms in total. The van der Waals surface area contributed by atoms with Crippen LogP contribution >= 0.6 is 0 Å². The molecule has 2 saturated carbocycles. The first-order chi connectivity index (χ1) is 18.8. The van der Waals surface area contributed by atoms with E-state index in [0.717, 1.165) is 77.3 Å². The van der Waals surface area contributed by atoms with Crippen LogP contribution < -0.4 is 16.0 Å². The van der Waals surface area contributed by atoms with Crippen molar-refractivity contribution in [1.82, 2.24) is 25.8 Å². The van der Waals surface area contributed by atoms with Crippen LogP contribution in [0, 0.1) is 0 Å². The molecule has 0 aromatic carbocycles. The molecule has 3 fully saturated rings. The number of likely N-dealkylation sites (tertiary alicyclic amines) is 1. The monoisotopic (exact) mass is 526 g/mol. The maximum atomic E-state index is 5.18. The molecule has 0 bridgehead atoms. The largest absolute Gasteiger partial charge is 0.372 e. The summed E-state index contributed by atoms with van der Waals surface area (Å²) in [5, 5.41) is 11.5. The maximum Gasteiger partial charge on any atom is 0.130 e. The summed E-state index contributed by atoms with van der Waals surface area (Å²) < 4.78 is 0. The average molecular weight is 527 g/mol. The molecule has 0 amide bonds. The summed E-state index contributed by atoms with van der Waals surface area (Å²) in [6.07, 6.45) is 25.9. The van der Waals surface area contributed by atoms with Gasteiger partial charge in [-0.05, 0) is 57.9 Å². The zero-order valence-electron chi connectivity index (χ0n) is 24.6. The van der Waals surface area contributed by atoms with Crippen molar-refractivity contribution in [2.75, 3.05) is 52.4 Å². The molecule has 2 aliphatic heterocycles. The van der Waals surface area contributed by atoms with Crippen molar-refractivity contribution < 1.29 is 0 Å². The normalized spacial score (nSPS) is 26.9. The highest BCUT2D eigenvalue weighted by Crippen LogP contribution is 2.20. The third kappa shape index (κ3) is 11.0. The van der Waals surface area contributed by atoms with Gasteiger partial charge < -0.3 is 20.9 Å². The quantitative estimate of drug-likeness (QED) is 0.310. The summed E-state index contributed by atoms with van der Waals surface area (Å²) >= 11 is 0. The highest BCUT2D eigenvalue weighted by molar-refractivity contribution is 5.83. The summed E-state index contributed by atoms with van der Waals surface area (Å²) in [5.41, 5.74) is 1.45. The zero-order valence-corrected chi connectivity index (χ0v) is 24.6. The maximum absolute atomic E-state index is 5.18. The second kappa shape index (κ2) is 17.3. The standard InChI is InChI=1S/C32H58N6/c1-28-16-18-31(36-32(19-17-28)38-23-10-2-3-11-24-38)35-22-27-37(25-20-33-29-12-6-4-7-13-29)26-21-34-30-14-8-5-9-15-30/h17,19,29-30,33-34H,2-16,18,20-27H2,1H3,(H,35,36)/b28-17-,32-19+. The van der Waals surface area contributed by atoms with E-state index in [9.17, 15) is 0 Å². The highest BCUT2D eigenvalue weighted by atomic mass is 15.2. The molecule has 4 aliphatic rings. The molecule has 216 valence electrons. The van der Waals surface area contributed by atoms with Gasteiger partial charge in [0.05, 0.1) is 0 Å². The molecule has 0 aromatic heterocycles. The lowest BCUT2D eigenvalue weighted by Gasteiger charge is -2.28. The molecule has 1 saturated heterocycles. The second-order valence-corrected chi connectivity index (χ2v) is 12.3. The van der Waals surface area contributed by atoms with Crippen molar-refractivity contribution in [3.63, 3.8) is 0 Å². The van der Waals surface area contributed by atoms with Crippen LogP contribution in [0.5, 0.6) is 0 Å². The van der Waals surface area contributed by atoms with Gasteiger partial charge >= 0.3 is 0 Å². The Balaban J connectivity index is 1.27. The number of allylic oxidation sites excluding steroid dienone is 3. The van der Waals surface area contributed by atoms with Gasteiger partial charge in [-0.15, -0.1) is 0 Å². The molecule has 0 radical (unpaired) electrons. The SMILES string of the molecule is C/C1=C/C=C(N2CCCCCC2)\N=C(\NCCN(CCNC2CCCCC2)CCNC2CCCCC2)CC1. The highest BCUT2D eigenvalue weighted by Gasteiger charge is 2.17. The van der Waals surface area contributed by atoms with E-state index in [0.29, 0.717) is 0 Å². The second-order valence-electron chi connectivity index (χ2n) is 12.3. The molecule has 0 spiro atoms. The molecule has 3 N–H and O–H groups in total. The van der Waals surface area contributed by atoms with Crippen LogP contribution in [0.2, 0.25) is 0 Å². The van der Waals surface area contributed by atoms with E-state index < -0.39 is 0 Å². The average Bonchev–Trinajstić information content (AvgIpc) is 3.23. The number of amidine groups is 1. The van der Waals surface area contributed by atoms with Crippen LogP contribution in [-0.4, -0.2) is 80.1 Å². The Hall–Kier alpha value is -1.37. The number of aliphatic imine (C=N–C) groups is 1. The van der Waals surface area contributed by atoms with Crippen LogP contribution in [0.3, 0.4) is 0 Å². The first-order valence-electron chi connectivity index (χ1n) is 16.4. The summed E-state index contributed by atoms with van der Waals surface area (Å²) in [5.74, 6) is 2.34. The molecule has 2 aliphatic carbocycles. The first kappa shape index (κ1) is 29.6. The third-order valence-corrected chi connectivity index (χ3v) is 9.14. The Morgan fingerprint density at radius 1 is 0.711 bits per heavy atom. The minimum atomic E-state index is 0.744. The Morgan fingerprint density at radius 3 is 1.87 bits per heavy atom. The van der Waals surface area contributed by atoms with Crippen molar-refractivity contribution >= 4 is 5.84 Å². The van der Waals surface area contributed by atoms with Gasteiger partial charge in [-0.1, -0.05) is 63.0 Å². The minimum absolute atomic E-state index is 0.744. The van der Waals surface area contributed by atoms with Gasteiger partial charge in [-0.2, -0.15) is 0 Å². The van der Waals surface area contributed by atoms with E-state index in [1.807, 2.05) is 0 Å². The van der Waals surface area contributed by atoms with E-state index in [4.69, 9.17) is 4.99 Å². The van der Waals surface area contributed by atoms with Gasteiger partial charge in [0.1, 0.15) is 11.7 Å². The molecular weight excluding hydrogens is 468 g/mol. The molecular formula is C32H58N6. The molecule has 2 heterocycles. The molecule has 6 heteroatoms. The first-order valence-corrected chi connectivity index (χ1v) is 16.4. The van der Waals surface area contributed by atoms with Crippen LogP contribution in [0.4, 0.5) is 0 Å². The van der Waals surface area contributed by atoms with Crippen LogP contribution in [0.15, 0.2) is 28.5 Å². The number of hydrogen-bond acceptors (Lipinski definition) is 6. The minimum Gasteiger partial charge on any atom is -0.372 e. The lowest BCUT2D eigenvalue weighted by atomic mass is 9.95. The Labute approximate surface area is 234 Å². The summed E-state index contributed by atoms with van der Waals surface area (Å²) in [6, 6.07) is 1.49. The van der Waals surface area contributed by atoms with Crippen LogP contribution in [0.25, 0.3) is 0 Å². The van der Waals surface area contributed by atoms with Crippen molar-refractivity contribution in [2.24, 2.45) is 4.99 Å². The number of hydrogen-bond donors (Lipinski definition) is 3. The molecule has 38 heavy (non-hydrogen) atoms. The smallest absolute Gasteiger partial charge is 0.130 e. The van der Waals surface area contributed by atoms with Crippen molar-refractivity contribution in [3.8, 4) is 0 Å². The van der Waals surface area contributed by atoms with E-state index in [1.54, 1.807) is 0 Å². The van der Waals surface area contributed by atoms with E-state index in [2.05, 4.69) is 44.8 Å². The molecule has 0 unspecified atom stereocenters. The predicted octanol–water partition coefficient (Wildman–Crippen LogP) is 5.58. The summed E-state index contributed by atoms with van der Waals surface area (Å²) in [6.45, 7) is 11.1. The zero-order chi connectivity index (χ0) is 26.3. The number of nitrogens with one attached hydrogen (secondary N) is 3. The fourth-order valence-electron chi connectivity index (χ4n) is 6.61. The van der Waals surface area contributed by atoms with Gasteiger partial charge in [0, 0.05) is 70.9 Å². The van der Waals surface area contributed by atoms with Crippen molar-refractivity contribution in [3.05, 3.63) is 23.5 Å². The predicted molar refractivity (Wildman–Crippen MR) is 163 cm³/mol. The Bertz CT molecular complexity index is 715. The van der Waals surface area contributed by atoms with Gasteiger partial charge in [0.15, 0.2) is 0 Å². The van der Waals surface area contributed by atoms with Crippen LogP contribution in [-0.2, 0) is 0 Å². The fourth-order valence-corrected chi connectivity index (χ4v) is 6.61. The number of nitrogens with zero attached hydrogens (tertiary/aromatic N) is 3. The lowest BCUT2D eigenvalue weighted by molar-refractivity contribution is 0.255.